The highest BCUT2D eigenvalue weighted by atomic mass is 16.7. The molecule has 0 spiro atoms. The van der Waals surface area contributed by atoms with Crippen molar-refractivity contribution in [3.05, 3.63) is 24.4 Å². The molecule has 1 aliphatic rings. The van der Waals surface area contributed by atoms with Crippen molar-refractivity contribution in [1.29, 1.82) is 0 Å². The van der Waals surface area contributed by atoms with Gasteiger partial charge in [-0.3, -0.25) is 0 Å². The molecule has 0 saturated carbocycles. The van der Waals surface area contributed by atoms with Crippen LogP contribution in [0.4, 0.5) is 0 Å². The SMILES string of the molecule is CCOc1cnc(-c2ccc3c(c2)OCO3)o1. The molecule has 88 valence electrons. The Morgan fingerprint density at radius 2 is 2.18 bits per heavy atom. The number of benzene rings is 1. The monoisotopic (exact) mass is 233 g/mol. The summed E-state index contributed by atoms with van der Waals surface area (Å²) in [4.78, 5) is 4.14. The van der Waals surface area contributed by atoms with Gasteiger partial charge in [-0.1, -0.05) is 0 Å². The van der Waals surface area contributed by atoms with E-state index in [1.54, 1.807) is 6.20 Å². The smallest absolute Gasteiger partial charge is 0.305 e. The maximum atomic E-state index is 5.44. The molecule has 0 amide bonds. The zero-order valence-electron chi connectivity index (χ0n) is 9.30. The Balaban J connectivity index is 1.92. The van der Waals surface area contributed by atoms with Gasteiger partial charge >= 0.3 is 5.95 Å². The first-order chi connectivity index (χ1) is 8.36. The second-order valence-electron chi connectivity index (χ2n) is 3.49. The Bertz CT molecular complexity index is 535. The molecule has 0 N–H and O–H groups in total. The summed E-state index contributed by atoms with van der Waals surface area (Å²) in [5, 5.41) is 0. The zero-order valence-corrected chi connectivity index (χ0v) is 9.30. The van der Waals surface area contributed by atoms with Crippen molar-refractivity contribution in [1.82, 2.24) is 4.98 Å². The number of hydrogen-bond donors (Lipinski definition) is 0. The fourth-order valence-corrected chi connectivity index (χ4v) is 1.63. The van der Waals surface area contributed by atoms with Gasteiger partial charge in [0.2, 0.25) is 12.7 Å². The van der Waals surface area contributed by atoms with Gasteiger partial charge in [0.1, 0.15) is 6.20 Å². The quantitative estimate of drug-likeness (QED) is 0.815. The number of oxazole rings is 1. The summed E-state index contributed by atoms with van der Waals surface area (Å²) in [5.74, 6) is 2.37. The van der Waals surface area contributed by atoms with E-state index in [2.05, 4.69) is 4.98 Å². The van der Waals surface area contributed by atoms with Crippen molar-refractivity contribution in [2.75, 3.05) is 13.4 Å². The zero-order chi connectivity index (χ0) is 11.7. The molecular formula is C12H11NO4. The van der Waals surface area contributed by atoms with Crippen molar-refractivity contribution in [3.63, 3.8) is 0 Å². The number of aromatic nitrogens is 1. The molecule has 0 radical (unpaired) electrons. The lowest BCUT2D eigenvalue weighted by Gasteiger charge is -1.99. The van der Waals surface area contributed by atoms with Gasteiger partial charge < -0.3 is 18.6 Å². The standard InChI is InChI=1S/C12H11NO4/c1-2-14-11-6-13-12(17-11)8-3-4-9-10(5-8)16-7-15-9/h3-6H,2,7H2,1H3. The molecule has 17 heavy (non-hydrogen) atoms. The Morgan fingerprint density at radius 1 is 1.29 bits per heavy atom. The van der Waals surface area contributed by atoms with E-state index in [1.165, 1.54) is 0 Å². The van der Waals surface area contributed by atoms with Crippen LogP contribution in [0, 0.1) is 0 Å². The van der Waals surface area contributed by atoms with Crippen LogP contribution in [0.3, 0.4) is 0 Å². The third-order valence-corrected chi connectivity index (χ3v) is 2.39. The van der Waals surface area contributed by atoms with Crippen LogP contribution in [-0.4, -0.2) is 18.4 Å². The van der Waals surface area contributed by atoms with Crippen LogP contribution in [0.1, 0.15) is 6.92 Å². The second kappa shape index (κ2) is 4.01. The van der Waals surface area contributed by atoms with Gasteiger partial charge in [-0.25, -0.2) is 4.98 Å². The number of ether oxygens (including phenoxy) is 3. The number of rotatable bonds is 3. The molecule has 0 bridgehead atoms. The maximum Gasteiger partial charge on any atom is 0.305 e. The van der Waals surface area contributed by atoms with E-state index in [1.807, 2.05) is 25.1 Å². The lowest BCUT2D eigenvalue weighted by Crippen LogP contribution is -1.92. The summed E-state index contributed by atoms with van der Waals surface area (Å²) in [6, 6.07) is 5.54. The molecule has 0 saturated heterocycles. The van der Waals surface area contributed by atoms with Crippen LogP contribution in [0.15, 0.2) is 28.8 Å². The highest BCUT2D eigenvalue weighted by molar-refractivity contribution is 5.60. The summed E-state index contributed by atoms with van der Waals surface area (Å²) in [6.45, 7) is 2.70. The van der Waals surface area contributed by atoms with Crippen LogP contribution >= 0.6 is 0 Å². The first-order valence-electron chi connectivity index (χ1n) is 5.35. The third-order valence-electron chi connectivity index (χ3n) is 2.39. The molecule has 1 aromatic carbocycles. The minimum atomic E-state index is 0.258. The van der Waals surface area contributed by atoms with Gasteiger partial charge in [-0.05, 0) is 25.1 Å². The Labute approximate surface area is 97.9 Å². The Hall–Kier alpha value is -2.17. The molecule has 3 rings (SSSR count). The summed E-state index contributed by atoms with van der Waals surface area (Å²) >= 11 is 0. The van der Waals surface area contributed by atoms with Gasteiger partial charge in [0.05, 0.1) is 6.61 Å². The highest BCUT2D eigenvalue weighted by Gasteiger charge is 2.16. The topological polar surface area (TPSA) is 53.7 Å². The molecular weight excluding hydrogens is 222 g/mol. The molecule has 5 nitrogen and oxygen atoms in total. The maximum absolute atomic E-state index is 5.44. The van der Waals surface area contributed by atoms with Crippen molar-refractivity contribution in [2.45, 2.75) is 6.92 Å². The fourth-order valence-electron chi connectivity index (χ4n) is 1.63. The van der Waals surface area contributed by atoms with Crippen LogP contribution < -0.4 is 14.2 Å². The van der Waals surface area contributed by atoms with Gasteiger partial charge in [0, 0.05) is 5.56 Å². The lowest BCUT2D eigenvalue weighted by molar-refractivity contribution is 0.174. The Kier molecular flexibility index (Phi) is 2.36. The summed E-state index contributed by atoms with van der Waals surface area (Å²) < 4.78 is 21.2. The van der Waals surface area contributed by atoms with Crippen LogP contribution in [0.2, 0.25) is 0 Å². The van der Waals surface area contributed by atoms with E-state index in [0.717, 1.165) is 11.3 Å². The molecule has 5 heteroatoms. The van der Waals surface area contributed by atoms with Gasteiger partial charge in [0.25, 0.3) is 0 Å². The minimum absolute atomic E-state index is 0.258. The first kappa shape index (κ1) is 10.0. The molecule has 0 unspecified atom stereocenters. The minimum Gasteiger partial charge on any atom is -0.464 e. The molecule has 0 aliphatic carbocycles. The van der Waals surface area contributed by atoms with E-state index in [4.69, 9.17) is 18.6 Å². The van der Waals surface area contributed by atoms with E-state index >= 15 is 0 Å². The molecule has 0 fully saturated rings. The van der Waals surface area contributed by atoms with E-state index in [-0.39, 0.29) is 6.79 Å². The summed E-state index contributed by atoms with van der Waals surface area (Å²) in [5.41, 5.74) is 0.834. The highest BCUT2D eigenvalue weighted by Crippen LogP contribution is 2.36. The molecule has 1 aliphatic heterocycles. The average Bonchev–Trinajstić information content (AvgIpc) is 2.96. The van der Waals surface area contributed by atoms with Crippen molar-refractivity contribution < 1.29 is 18.6 Å². The van der Waals surface area contributed by atoms with Crippen molar-refractivity contribution in [3.8, 4) is 28.9 Å². The van der Waals surface area contributed by atoms with Crippen molar-refractivity contribution >= 4 is 0 Å². The number of fused-ring (bicyclic) bond motifs is 1. The fraction of sp³-hybridized carbons (Fsp3) is 0.250. The summed E-state index contributed by atoms with van der Waals surface area (Å²) in [6.07, 6.45) is 1.56. The number of hydrogen-bond acceptors (Lipinski definition) is 5. The average molecular weight is 233 g/mol. The largest absolute Gasteiger partial charge is 0.464 e. The van der Waals surface area contributed by atoms with Crippen LogP contribution in [-0.2, 0) is 0 Å². The molecule has 1 aromatic heterocycles. The van der Waals surface area contributed by atoms with E-state index in [9.17, 15) is 0 Å². The predicted molar refractivity (Wildman–Crippen MR) is 59.2 cm³/mol. The first-order valence-corrected chi connectivity index (χ1v) is 5.35. The van der Waals surface area contributed by atoms with Gasteiger partial charge in [0.15, 0.2) is 11.5 Å². The number of nitrogens with zero attached hydrogens (tertiary/aromatic N) is 1. The van der Waals surface area contributed by atoms with Gasteiger partial charge in [-0.15, -0.1) is 0 Å². The summed E-state index contributed by atoms with van der Waals surface area (Å²) in [7, 11) is 0. The van der Waals surface area contributed by atoms with E-state index in [0.29, 0.717) is 24.2 Å². The normalized spacial score (nSPS) is 12.8. The lowest BCUT2D eigenvalue weighted by atomic mass is 10.2. The van der Waals surface area contributed by atoms with Crippen molar-refractivity contribution in [2.24, 2.45) is 0 Å². The molecule has 2 aromatic rings. The van der Waals surface area contributed by atoms with Gasteiger partial charge in [-0.2, -0.15) is 0 Å². The second-order valence-corrected chi connectivity index (χ2v) is 3.49. The Morgan fingerprint density at radius 3 is 3.06 bits per heavy atom. The third kappa shape index (κ3) is 1.80. The van der Waals surface area contributed by atoms with Crippen LogP contribution in [0.5, 0.6) is 17.4 Å². The van der Waals surface area contributed by atoms with E-state index < -0.39 is 0 Å². The van der Waals surface area contributed by atoms with Crippen LogP contribution in [0.25, 0.3) is 11.5 Å². The molecule has 0 atom stereocenters. The molecule has 2 heterocycles. The predicted octanol–water partition coefficient (Wildman–Crippen LogP) is 2.47.